The Morgan fingerprint density at radius 1 is 1.14 bits per heavy atom. The normalized spacial score (nSPS) is 31.7. The number of thioether (sulfide) groups is 1. The number of nitrogens with one attached hydrogen (secondary N) is 3. The fourth-order valence-electron chi connectivity index (χ4n) is 5.96. The first-order chi connectivity index (χ1) is 13.5. The molecule has 4 saturated carbocycles. The minimum atomic E-state index is -0.414. The van der Waals surface area contributed by atoms with Gasteiger partial charge in [-0.1, -0.05) is 23.9 Å². The van der Waals surface area contributed by atoms with Crippen LogP contribution < -0.4 is 10.6 Å². The number of imide groups is 1. The third kappa shape index (κ3) is 3.41. The number of nitrogens with zero attached hydrogens (tertiary/aromatic N) is 1. The Balaban J connectivity index is 1.18. The lowest BCUT2D eigenvalue weighted by Crippen LogP contribution is -2.62. The summed E-state index contributed by atoms with van der Waals surface area (Å²) >= 11 is 1.33. The van der Waals surface area contributed by atoms with Crippen molar-refractivity contribution >= 4 is 34.7 Å². The summed E-state index contributed by atoms with van der Waals surface area (Å²) in [5, 5.41) is 6.02. The molecule has 0 radical (unpaired) electrons. The predicted octanol–water partition coefficient (Wildman–Crippen LogP) is 3.84. The van der Waals surface area contributed by atoms with Gasteiger partial charge in [0.2, 0.25) is 5.91 Å². The van der Waals surface area contributed by atoms with Gasteiger partial charge in [0.15, 0.2) is 5.16 Å². The number of H-pyrrole nitrogens is 1. The average molecular weight is 399 g/mol. The molecule has 6 nitrogen and oxygen atoms in total. The van der Waals surface area contributed by atoms with E-state index in [1.807, 2.05) is 24.3 Å². The number of rotatable bonds is 4. The van der Waals surface area contributed by atoms with Crippen LogP contribution in [-0.4, -0.2) is 32.7 Å². The summed E-state index contributed by atoms with van der Waals surface area (Å²) in [4.78, 5) is 32.8. The van der Waals surface area contributed by atoms with Crippen molar-refractivity contribution in [3.63, 3.8) is 0 Å². The molecule has 4 fully saturated rings. The van der Waals surface area contributed by atoms with Crippen LogP contribution >= 0.6 is 11.8 Å². The third-order valence-corrected chi connectivity index (χ3v) is 7.66. The molecule has 4 aliphatic rings. The minimum absolute atomic E-state index is 0.0891. The van der Waals surface area contributed by atoms with Crippen LogP contribution in [0.2, 0.25) is 0 Å². The summed E-state index contributed by atoms with van der Waals surface area (Å²) in [6.45, 7) is 1.80. The Bertz CT molecular complexity index is 856. The number of amides is 3. The zero-order valence-corrected chi connectivity index (χ0v) is 16.8. The fraction of sp³-hybridized carbons (Fsp3) is 0.571. The van der Waals surface area contributed by atoms with Gasteiger partial charge >= 0.3 is 6.03 Å². The van der Waals surface area contributed by atoms with Crippen LogP contribution in [0.5, 0.6) is 0 Å². The number of imidazole rings is 1. The summed E-state index contributed by atoms with van der Waals surface area (Å²) < 4.78 is 0. The van der Waals surface area contributed by atoms with Crippen LogP contribution in [0.1, 0.15) is 45.4 Å². The molecule has 0 saturated heterocycles. The lowest BCUT2D eigenvalue weighted by Gasteiger charge is -2.56. The average Bonchev–Trinajstić information content (AvgIpc) is 3.02. The highest BCUT2D eigenvalue weighted by Crippen LogP contribution is 2.55. The first kappa shape index (κ1) is 18.0. The summed E-state index contributed by atoms with van der Waals surface area (Å²) in [5.74, 6) is 1.98. The van der Waals surface area contributed by atoms with Crippen LogP contribution in [0.15, 0.2) is 29.4 Å². The number of carbonyl (C=O) groups excluding carboxylic acids is 2. The van der Waals surface area contributed by atoms with Crippen LogP contribution in [0.4, 0.5) is 4.79 Å². The summed E-state index contributed by atoms with van der Waals surface area (Å²) in [7, 11) is 0. The molecule has 3 N–H and O–H groups in total. The summed E-state index contributed by atoms with van der Waals surface area (Å²) in [6, 6.07) is 7.42. The van der Waals surface area contributed by atoms with Gasteiger partial charge < -0.3 is 10.3 Å². The molecule has 2 aromatic rings. The predicted molar refractivity (Wildman–Crippen MR) is 109 cm³/mol. The number of hydrogen-bond acceptors (Lipinski definition) is 4. The van der Waals surface area contributed by atoms with E-state index in [-0.39, 0.29) is 17.5 Å². The molecule has 3 amide bonds. The van der Waals surface area contributed by atoms with Gasteiger partial charge in [-0.25, -0.2) is 9.78 Å². The number of aromatic nitrogens is 2. The van der Waals surface area contributed by atoms with Crippen LogP contribution in [-0.2, 0) is 4.79 Å². The van der Waals surface area contributed by atoms with Gasteiger partial charge in [0, 0.05) is 5.54 Å². The maximum absolute atomic E-state index is 12.6. The first-order valence-electron chi connectivity index (χ1n) is 10.2. The molecule has 1 unspecified atom stereocenters. The van der Waals surface area contributed by atoms with Gasteiger partial charge in [-0.2, -0.15) is 0 Å². The molecule has 28 heavy (non-hydrogen) atoms. The Kier molecular flexibility index (Phi) is 4.38. The van der Waals surface area contributed by atoms with E-state index in [4.69, 9.17) is 0 Å². The van der Waals surface area contributed by atoms with Gasteiger partial charge in [-0.3, -0.25) is 10.1 Å². The first-order valence-corrected chi connectivity index (χ1v) is 11.1. The Hall–Kier alpha value is -2.02. The van der Waals surface area contributed by atoms with Gasteiger partial charge in [0.05, 0.1) is 16.3 Å². The molecule has 6 rings (SSSR count). The van der Waals surface area contributed by atoms with Crippen molar-refractivity contribution in [2.45, 2.75) is 61.4 Å². The lowest BCUT2D eigenvalue weighted by atomic mass is 9.53. The van der Waals surface area contributed by atoms with Crippen molar-refractivity contribution in [1.29, 1.82) is 0 Å². The van der Waals surface area contributed by atoms with Crippen LogP contribution in [0.3, 0.4) is 0 Å². The topological polar surface area (TPSA) is 86.9 Å². The number of urea groups is 1. The van der Waals surface area contributed by atoms with Crippen molar-refractivity contribution in [2.75, 3.05) is 0 Å². The highest BCUT2D eigenvalue weighted by atomic mass is 32.2. The van der Waals surface area contributed by atoms with Gasteiger partial charge in [0.1, 0.15) is 0 Å². The number of fused-ring (bicyclic) bond motifs is 1. The molecule has 4 bridgehead atoms. The van der Waals surface area contributed by atoms with E-state index in [1.54, 1.807) is 6.92 Å². The smallest absolute Gasteiger partial charge is 0.321 e. The number of aromatic amines is 1. The fourth-order valence-corrected chi connectivity index (χ4v) is 6.78. The second-order valence-corrected chi connectivity index (χ2v) is 10.3. The van der Waals surface area contributed by atoms with Crippen molar-refractivity contribution in [2.24, 2.45) is 17.8 Å². The van der Waals surface area contributed by atoms with Crippen molar-refractivity contribution < 1.29 is 9.59 Å². The standard InChI is InChI=1S/C21H26N4O2S/c1-12(28-20-22-16-4-2-3-5-17(16)23-20)18(26)24-19(27)25-21-9-13-6-14(10-21)8-15(7-13)11-21/h2-5,12-15H,6-11H2,1H3,(H,22,23)(H2,24,25,26,27). The molecule has 0 aliphatic heterocycles. The highest BCUT2D eigenvalue weighted by Gasteiger charge is 2.51. The molecule has 0 spiro atoms. The molecule has 148 valence electrons. The maximum atomic E-state index is 12.6. The molecule has 1 aromatic heterocycles. The van der Waals surface area contributed by atoms with Crippen LogP contribution in [0.25, 0.3) is 11.0 Å². The lowest BCUT2D eigenvalue weighted by molar-refractivity contribution is -0.119. The van der Waals surface area contributed by atoms with Gasteiger partial charge in [0.25, 0.3) is 0 Å². The minimum Gasteiger partial charge on any atom is -0.333 e. The number of hydrogen-bond donors (Lipinski definition) is 3. The van der Waals surface area contributed by atoms with Gasteiger partial charge in [-0.05, 0) is 75.3 Å². The third-order valence-electron chi connectivity index (χ3n) is 6.68. The largest absolute Gasteiger partial charge is 0.333 e. The Labute approximate surface area is 168 Å². The van der Waals surface area contributed by atoms with E-state index in [2.05, 4.69) is 20.6 Å². The monoisotopic (exact) mass is 398 g/mol. The van der Waals surface area contributed by atoms with E-state index in [0.717, 1.165) is 48.0 Å². The number of para-hydroxylation sites is 2. The van der Waals surface area contributed by atoms with E-state index >= 15 is 0 Å². The quantitative estimate of drug-likeness (QED) is 0.683. The van der Waals surface area contributed by atoms with E-state index in [9.17, 15) is 9.59 Å². The molecule has 7 heteroatoms. The zero-order chi connectivity index (χ0) is 19.3. The molecule has 1 atom stereocenters. The highest BCUT2D eigenvalue weighted by molar-refractivity contribution is 8.00. The maximum Gasteiger partial charge on any atom is 0.321 e. The van der Waals surface area contributed by atoms with Crippen molar-refractivity contribution in [3.8, 4) is 0 Å². The van der Waals surface area contributed by atoms with Crippen molar-refractivity contribution in [1.82, 2.24) is 20.6 Å². The Morgan fingerprint density at radius 2 is 1.79 bits per heavy atom. The summed E-state index contributed by atoms with van der Waals surface area (Å²) in [5.41, 5.74) is 1.73. The van der Waals surface area contributed by atoms with Gasteiger partial charge in [-0.15, -0.1) is 0 Å². The van der Waals surface area contributed by atoms with Crippen molar-refractivity contribution in [3.05, 3.63) is 24.3 Å². The second kappa shape index (κ2) is 6.79. The number of carbonyl (C=O) groups is 2. The second-order valence-electron chi connectivity index (χ2n) is 8.96. The van der Waals surface area contributed by atoms with E-state index < -0.39 is 5.25 Å². The van der Waals surface area contributed by atoms with E-state index in [0.29, 0.717) is 5.16 Å². The molecule has 4 aliphatic carbocycles. The SMILES string of the molecule is CC(Sc1nc2ccccc2[nH]1)C(=O)NC(=O)NC12CC3CC(CC(C3)C1)C2. The molecule has 1 aromatic carbocycles. The van der Waals surface area contributed by atoms with Crippen LogP contribution in [0, 0.1) is 17.8 Å². The summed E-state index contributed by atoms with van der Waals surface area (Å²) in [6.07, 6.45) is 7.20. The van der Waals surface area contributed by atoms with E-state index in [1.165, 1.54) is 31.0 Å². The molecular weight excluding hydrogens is 372 g/mol. The Morgan fingerprint density at radius 3 is 2.43 bits per heavy atom. The zero-order valence-electron chi connectivity index (χ0n) is 16.0. The molecular formula is C21H26N4O2S. The molecule has 1 heterocycles. The number of benzene rings is 1.